The first-order valence-corrected chi connectivity index (χ1v) is 16.8. The van der Waals surface area contributed by atoms with Crippen molar-refractivity contribution in [3.63, 3.8) is 0 Å². The average molecular weight is 640 g/mol. The lowest BCUT2D eigenvalue weighted by molar-refractivity contribution is 0.0619. The first-order valence-electron chi connectivity index (χ1n) is 15.3. The molecule has 3 aromatic carbocycles. The van der Waals surface area contributed by atoms with E-state index < -0.39 is 10.0 Å². The quantitative estimate of drug-likeness (QED) is 0.192. The van der Waals surface area contributed by atoms with Crippen LogP contribution in [0.15, 0.2) is 102 Å². The van der Waals surface area contributed by atoms with Crippen molar-refractivity contribution in [2.45, 2.75) is 24.8 Å². The van der Waals surface area contributed by atoms with E-state index in [1.54, 1.807) is 30.3 Å². The number of piperazine rings is 1. The Labute approximate surface area is 269 Å². The van der Waals surface area contributed by atoms with Gasteiger partial charge in [-0.05, 0) is 60.5 Å². The maximum absolute atomic E-state index is 13.6. The molecule has 1 N–H and O–H groups in total. The van der Waals surface area contributed by atoms with E-state index in [4.69, 9.17) is 9.47 Å². The number of nitrogens with zero attached hydrogens (tertiary/aromatic N) is 4. The summed E-state index contributed by atoms with van der Waals surface area (Å²) in [6, 6.07) is 27.1. The Balaban J connectivity index is 1.06. The second kappa shape index (κ2) is 13.6. The van der Waals surface area contributed by atoms with Crippen LogP contribution in [0.3, 0.4) is 0 Å². The molecule has 5 aromatic rings. The average Bonchev–Trinajstić information content (AvgIpc) is 3.41. The van der Waals surface area contributed by atoms with Gasteiger partial charge in [0.1, 0.15) is 17.2 Å². The predicted octanol–water partition coefficient (Wildman–Crippen LogP) is 5.91. The van der Waals surface area contributed by atoms with Crippen LogP contribution in [-0.4, -0.2) is 66.5 Å². The Hall–Kier alpha value is -4.87. The van der Waals surface area contributed by atoms with Gasteiger partial charge in [-0.25, -0.2) is 13.4 Å². The molecule has 0 spiro atoms. The molecular formula is C35H37N5O5S. The largest absolute Gasteiger partial charge is 0.494 e. The van der Waals surface area contributed by atoms with Crippen molar-refractivity contribution in [2.75, 3.05) is 37.5 Å². The van der Waals surface area contributed by atoms with E-state index in [0.29, 0.717) is 36.1 Å². The molecule has 0 saturated carbocycles. The molecule has 3 heterocycles. The van der Waals surface area contributed by atoms with Crippen LogP contribution in [0, 0.1) is 0 Å². The number of hydrogen-bond acceptors (Lipinski definition) is 7. The van der Waals surface area contributed by atoms with Gasteiger partial charge in [-0.15, -0.1) is 0 Å². The summed E-state index contributed by atoms with van der Waals surface area (Å²) in [6.07, 6.45) is 2.39. The highest BCUT2D eigenvalue weighted by atomic mass is 32.2. The first-order chi connectivity index (χ1) is 22.3. The standard InChI is InChI=1S/C35H37N5O5S/c1-3-21-44-29-13-9-26(10-14-29)25-39-17-19-40(20-18-39)35(41)33-22-27-11-15-30(23-32(27)38(33)2)45-34-16-12-28(24-36-34)37-46(42,43)31-7-5-4-6-8-31/h4-16,22-24,37H,3,17-21,25H2,1-2H3. The Kier molecular flexibility index (Phi) is 9.23. The van der Waals surface area contributed by atoms with E-state index in [9.17, 15) is 13.2 Å². The van der Waals surface area contributed by atoms with Crippen LogP contribution in [0.25, 0.3) is 10.9 Å². The summed E-state index contributed by atoms with van der Waals surface area (Å²) in [4.78, 5) is 22.3. The third-order valence-electron chi connectivity index (χ3n) is 7.96. The van der Waals surface area contributed by atoms with Crippen molar-refractivity contribution >= 4 is 32.5 Å². The van der Waals surface area contributed by atoms with Gasteiger partial charge in [-0.3, -0.25) is 14.4 Å². The summed E-state index contributed by atoms with van der Waals surface area (Å²) in [5.74, 6) is 1.77. The molecule has 11 heteroatoms. The van der Waals surface area contributed by atoms with Gasteiger partial charge in [-0.2, -0.15) is 0 Å². The predicted molar refractivity (Wildman–Crippen MR) is 178 cm³/mol. The SMILES string of the molecule is CCCOc1ccc(CN2CCN(C(=O)c3cc4ccc(Oc5ccc(NS(=O)(=O)c6ccccc6)cn5)cc4n3C)CC2)cc1. The van der Waals surface area contributed by atoms with Gasteiger partial charge in [-0.1, -0.05) is 37.3 Å². The molecule has 6 rings (SSSR count). The number of aryl methyl sites for hydroxylation is 1. The Morgan fingerprint density at radius 2 is 1.63 bits per heavy atom. The van der Waals surface area contributed by atoms with E-state index in [2.05, 4.69) is 33.7 Å². The molecule has 0 radical (unpaired) electrons. The molecule has 238 valence electrons. The number of aromatic nitrogens is 2. The van der Waals surface area contributed by atoms with E-state index >= 15 is 0 Å². The first kappa shape index (κ1) is 31.1. The lowest BCUT2D eigenvalue weighted by atomic mass is 10.2. The van der Waals surface area contributed by atoms with Crippen LogP contribution in [0.4, 0.5) is 5.69 Å². The van der Waals surface area contributed by atoms with E-state index in [0.717, 1.165) is 49.3 Å². The number of pyridine rings is 1. The van der Waals surface area contributed by atoms with Crippen molar-refractivity contribution < 1.29 is 22.7 Å². The van der Waals surface area contributed by atoms with Crippen LogP contribution < -0.4 is 14.2 Å². The number of fused-ring (bicyclic) bond motifs is 1. The van der Waals surface area contributed by atoms with Crippen molar-refractivity contribution in [3.05, 3.63) is 108 Å². The van der Waals surface area contributed by atoms with E-state index in [-0.39, 0.29) is 10.8 Å². The summed E-state index contributed by atoms with van der Waals surface area (Å²) in [5, 5.41) is 0.932. The van der Waals surface area contributed by atoms with Crippen molar-refractivity contribution in [3.8, 4) is 17.4 Å². The molecule has 1 aliphatic rings. The molecule has 0 atom stereocenters. The highest BCUT2D eigenvalue weighted by Crippen LogP contribution is 2.28. The highest BCUT2D eigenvalue weighted by Gasteiger charge is 2.25. The number of hydrogen-bond donors (Lipinski definition) is 1. The Morgan fingerprint density at radius 3 is 2.33 bits per heavy atom. The third kappa shape index (κ3) is 7.16. The van der Waals surface area contributed by atoms with Crippen LogP contribution in [0.5, 0.6) is 17.4 Å². The highest BCUT2D eigenvalue weighted by molar-refractivity contribution is 7.92. The molecule has 46 heavy (non-hydrogen) atoms. The zero-order valence-corrected chi connectivity index (χ0v) is 26.7. The fourth-order valence-electron chi connectivity index (χ4n) is 5.45. The van der Waals surface area contributed by atoms with Crippen molar-refractivity contribution in [1.82, 2.24) is 19.4 Å². The summed E-state index contributed by atoms with van der Waals surface area (Å²) >= 11 is 0. The number of rotatable bonds is 11. The number of benzene rings is 3. The maximum atomic E-state index is 13.6. The van der Waals surface area contributed by atoms with Gasteiger partial charge in [0.05, 0.1) is 28.9 Å². The number of sulfonamides is 1. The topological polar surface area (TPSA) is 106 Å². The molecule has 2 aromatic heterocycles. The molecular weight excluding hydrogens is 602 g/mol. The number of carbonyl (C=O) groups excluding carboxylic acids is 1. The molecule has 0 aliphatic carbocycles. The number of ether oxygens (including phenoxy) is 2. The van der Waals surface area contributed by atoms with Gasteiger partial charge >= 0.3 is 0 Å². The molecule has 1 amide bonds. The second-order valence-electron chi connectivity index (χ2n) is 11.3. The van der Waals surface area contributed by atoms with Crippen molar-refractivity contribution in [1.29, 1.82) is 0 Å². The van der Waals surface area contributed by atoms with Gasteiger partial charge < -0.3 is 18.9 Å². The summed E-state index contributed by atoms with van der Waals surface area (Å²) in [5.41, 5.74) is 3.04. The minimum atomic E-state index is -3.72. The number of carbonyl (C=O) groups is 1. The smallest absolute Gasteiger partial charge is 0.270 e. The monoisotopic (exact) mass is 639 g/mol. The zero-order valence-electron chi connectivity index (χ0n) is 25.9. The number of nitrogens with one attached hydrogen (secondary N) is 1. The van der Waals surface area contributed by atoms with Gasteiger partial charge in [0.15, 0.2) is 0 Å². The normalized spacial score (nSPS) is 13.9. The number of anilines is 1. The van der Waals surface area contributed by atoms with Crippen LogP contribution >= 0.6 is 0 Å². The van der Waals surface area contributed by atoms with Gasteiger partial charge in [0.25, 0.3) is 15.9 Å². The van der Waals surface area contributed by atoms with Gasteiger partial charge in [0, 0.05) is 57.3 Å². The molecule has 1 fully saturated rings. The summed E-state index contributed by atoms with van der Waals surface area (Å²) in [7, 11) is -1.83. The zero-order chi connectivity index (χ0) is 32.1. The van der Waals surface area contributed by atoms with E-state index in [1.807, 2.05) is 52.9 Å². The third-order valence-corrected chi connectivity index (χ3v) is 9.36. The summed E-state index contributed by atoms with van der Waals surface area (Å²) in [6.45, 7) is 6.59. The molecule has 1 aliphatic heterocycles. The fraction of sp³-hybridized carbons (Fsp3) is 0.257. The Bertz CT molecular complexity index is 1900. The van der Waals surface area contributed by atoms with Crippen LogP contribution in [0.2, 0.25) is 0 Å². The molecule has 1 saturated heterocycles. The minimum Gasteiger partial charge on any atom is -0.494 e. The van der Waals surface area contributed by atoms with Crippen molar-refractivity contribution in [2.24, 2.45) is 7.05 Å². The van der Waals surface area contributed by atoms with E-state index in [1.165, 1.54) is 23.9 Å². The second-order valence-corrected chi connectivity index (χ2v) is 13.0. The van der Waals surface area contributed by atoms with Crippen LogP contribution in [0.1, 0.15) is 29.4 Å². The molecule has 10 nitrogen and oxygen atoms in total. The number of amides is 1. The Morgan fingerprint density at radius 1 is 0.891 bits per heavy atom. The maximum Gasteiger partial charge on any atom is 0.270 e. The summed E-state index contributed by atoms with van der Waals surface area (Å²) < 4.78 is 41.3. The fourth-order valence-corrected chi connectivity index (χ4v) is 6.52. The van der Waals surface area contributed by atoms with Gasteiger partial charge in [0.2, 0.25) is 5.88 Å². The minimum absolute atomic E-state index is 0.00783. The lowest BCUT2D eigenvalue weighted by Gasteiger charge is -2.34. The molecule has 0 bridgehead atoms. The van der Waals surface area contributed by atoms with Crippen LogP contribution in [-0.2, 0) is 23.6 Å². The lowest BCUT2D eigenvalue weighted by Crippen LogP contribution is -2.48. The molecule has 0 unspecified atom stereocenters.